The van der Waals surface area contributed by atoms with Crippen LogP contribution in [0.25, 0.3) is 0 Å². The number of carbonyl (C=O) groups excluding carboxylic acids is 1. The van der Waals surface area contributed by atoms with Crippen molar-refractivity contribution in [2.75, 3.05) is 7.11 Å². The summed E-state index contributed by atoms with van der Waals surface area (Å²) >= 11 is 0. The highest BCUT2D eigenvalue weighted by Gasteiger charge is 2.18. The van der Waals surface area contributed by atoms with Crippen molar-refractivity contribution in [3.8, 4) is 11.8 Å². The third kappa shape index (κ3) is 3.23. The zero-order valence-corrected chi connectivity index (χ0v) is 8.99. The first kappa shape index (κ1) is 11.5. The van der Waals surface area contributed by atoms with E-state index in [9.17, 15) is 4.79 Å². The van der Waals surface area contributed by atoms with Gasteiger partial charge in [-0.2, -0.15) is 0 Å². The van der Waals surface area contributed by atoms with E-state index in [1.165, 1.54) is 7.11 Å². The molecule has 0 saturated carbocycles. The van der Waals surface area contributed by atoms with Gasteiger partial charge in [0.2, 0.25) is 0 Å². The monoisotopic (exact) mass is 202 g/mol. The van der Waals surface area contributed by atoms with E-state index in [1.807, 2.05) is 30.3 Å². The summed E-state index contributed by atoms with van der Waals surface area (Å²) in [7, 11) is 1.54. The van der Waals surface area contributed by atoms with E-state index in [4.69, 9.17) is 4.74 Å². The number of Topliss-reactive ketones (excluding diaryl/α,β-unsaturated/α-hetero) is 1. The Morgan fingerprint density at radius 3 is 2.60 bits per heavy atom. The van der Waals surface area contributed by atoms with Gasteiger partial charge in [-0.3, -0.25) is 4.79 Å². The van der Waals surface area contributed by atoms with E-state index >= 15 is 0 Å². The molecule has 0 saturated heterocycles. The van der Waals surface area contributed by atoms with Crippen LogP contribution in [0.3, 0.4) is 0 Å². The Morgan fingerprint density at radius 1 is 1.40 bits per heavy atom. The average molecular weight is 202 g/mol. The molecule has 1 aromatic carbocycles. The van der Waals surface area contributed by atoms with E-state index in [2.05, 4.69) is 11.8 Å². The second-order valence-electron chi connectivity index (χ2n) is 3.10. The van der Waals surface area contributed by atoms with Crippen LogP contribution in [0.1, 0.15) is 25.0 Å². The van der Waals surface area contributed by atoms with Gasteiger partial charge in [-0.15, -0.1) is 5.92 Å². The predicted molar refractivity (Wildman–Crippen MR) is 59.3 cm³/mol. The average Bonchev–Trinajstić information content (AvgIpc) is 2.29. The molecule has 0 heterocycles. The van der Waals surface area contributed by atoms with Gasteiger partial charge in [0, 0.05) is 7.11 Å². The Balaban J connectivity index is 2.79. The Bertz CT molecular complexity index is 371. The lowest BCUT2D eigenvalue weighted by Gasteiger charge is -2.12. The van der Waals surface area contributed by atoms with E-state index in [-0.39, 0.29) is 12.2 Å². The molecule has 0 aliphatic rings. The molecular formula is C13H14O2. The number of hydrogen-bond acceptors (Lipinski definition) is 2. The Labute approximate surface area is 90.3 Å². The smallest absolute Gasteiger partial charge is 0.177 e. The van der Waals surface area contributed by atoms with Gasteiger partial charge in [0.05, 0.1) is 6.42 Å². The van der Waals surface area contributed by atoms with E-state index in [0.717, 1.165) is 5.56 Å². The van der Waals surface area contributed by atoms with Gasteiger partial charge in [-0.25, -0.2) is 0 Å². The minimum Gasteiger partial charge on any atom is -0.369 e. The first-order valence-corrected chi connectivity index (χ1v) is 4.79. The van der Waals surface area contributed by atoms with Crippen molar-refractivity contribution in [3.63, 3.8) is 0 Å². The first-order valence-electron chi connectivity index (χ1n) is 4.79. The fourth-order valence-electron chi connectivity index (χ4n) is 1.35. The maximum atomic E-state index is 11.7. The third-order valence-electron chi connectivity index (χ3n) is 2.07. The number of benzene rings is 1. The summed E-state index contributed by atoms with van der Waals surface area (Å²) in [6, 6.07) is 9.45. The van der Waals surface area contributed by atoms with Crippen LogP contribution in [0.15, 0.2) is 30.3 Å². The van der Waals surface area contributed by atoms with Crippen molar-refractivity contribution in [2.45, 2.75) is 19.4 Å². The number of carbonyl (C=O) groups is 1. The van der Waals surface area contributed by atoms with Crippen molar-refractivity contribution in [3.05, 3.63) is 35.9 Å². The van der Waals surface area contributed by atoms with Crippen molar-refractivity contribution in [1.29, 1.82) is 0 Å². The normalized spacial score (nSPS) is 11.3. The van der Waals surface area contributed by atoms with Gasteiger partial charge in [0.15, 0.2) is 5.78 Å². The van der Waals surface area contributed by atoms with E-state index < -0.39 is 6.10 Å². The Kier molecular flexibility index (Phi) is 4.59. The number of ketones is 1. The maximum Gasteiger partial charge on any atom is 0.177 e. The molecule has 1 rings (SSSR count). The van der Waals surface area contributed by atoms with Crippen LogP contribution in [0.4, 0.5) is 0 Å². The van der Waals surface area contributed by atoms with Crippen molar-refractivity contribution >= 4 is 5.78 Å². The molecule has 1 aromatic rings. The molecule has 0 aliphatic carbocycles. The maximum absolute atomic E-state index is 11.7. The summed E-state index contributed by atoms with van der Waals surface area (Å²) < 4.78 is 5.18. The van der Waals surface area contributed by atoms with Crippen molar-refractivity contribution in [1.82, 2.24) is 0 Å². The number of methoxy groups -OCH3 is 1. The summed E-state index contributed by atoms with van der Waals surface area (Å²) in [6.45, 7) is 1.72. The highest BCUT2D eigenvalue weighted by molar-refractivity contribution is 5.86. The second-order valence-corrected chi connectivity index (χ2v) is 3.10. The van der Waals surface area contributed by atoms with Gasteiger partial charge in [0.1, 0.15) is 6.10 Å². The molecule has 0 fully saturated rings. The summed E-state index contributed by atoms with van der Waals surface area (Å²) in [5.41, 5.74) is 0.878. The lowest BCUT2D eigenvalue weighted by Crippen LogP contribution is -2.13. The molecule has 78 valence electrons. The summed E-state index contributed by atoms with van der Waals surface area (Å²) in [6.07, 6.45) is -0.253. The summed E-state index contributed by atoms with van der Waals surface area (Å²) in [5, 5.41) is 0. The molecule has 0 aliphatic heterocycles. The number of ether oxygens (including phenoxy) is 1. The third-order valence-corrected chi connectivity index (χ3v) is 2.07. The van der Waals surface area contributed by atoms with Gasteiger partial charge in [-0.05, 0) is 12.5 Å². The minimum absolute atomic E-state index is 0.00181. The predicted octanol–water partition coefficient (Wildman–Crippen LogP) is 2.36. The second kappa shape index (κ2) is 6.00. The quantitative estimate of drug-likeness (QED) is 0.700. The molecule has 0 amide bonds. The highest BCUT2D eigenvalue weighted by atomic mass is 16.5. The number of rotatable bonds is 4. The molecule has 0 N–H and O–H groups in total. The van der Waals surface area contributed by atoms with Crippen LogP contribution in [0.2, 0.25) is 0 Å². The van der Waals surface area contributed by atoms with Crippen LogP contribution in [-0.4, -0.2) is 12.9 Å². The van der Waals surface area contributed by atoms with Crippen LogP contribution in [-0.2, 0) is 9.53 Å². The van der Waals surface area contributed by atoms with Crippen LogP contribution < -0.4 is 0 Å². The van der Waals surface area contributed by atoms with Crippen LogP contribution >= 0.6 is 0 Å². The molecule has 0 aromatic heterocycles. The van der Waals surface area contributed by atoms with Gasteiger partial charge in [0.25, 0.3) is 0 Å². The zero-order chi connectivity index (χ0) is 11.1. The SMILES string of the molecule is CC#CCC(=O)C(OC)c1ccccc1. The topological polar surface area (TPSA) is 26.3 Å². The van der Waals surface area contributed by atoms with Gasteiger partial charge < -0.3 is 4.74 Å². The summed E-state index contributed by atoms with van der Waals surface area (Å²) in [5.74, 6) is 5.45. The standard InChI is InChI=1S/C13H14O2/c1-3-4-10-12(14)13(15-2)11-8-6-5-7-9-11/h5-9,13H,10H2,1-2H3. The largest absolute Gasteiger partial charge is 0.369 e. The molecule has 0 radical (unpaired) electrons. The molecular weight excluding hydrogens is 188 g/mol. The summed E-state index contributed by atoms with van der Waals surface area (Å²) in [4.78, 5) is 11.7. The molecule has 2 nitrogen and oxygen atoms in total. The fraction of sp³-hybridized carbons (Fsp3) is 0.308. The van der Waals surface area contributed by atoms with Crippen LogP contribution in [0, 0.1) is 11.8 Å². The van der Waals surface area contributed by atoms with E-state index in [0.29, 0.717) is 0 Å². The van der Waals surface area contributed by atoms with Crippen molar-refractivity contribution < 1.29 is 9.53 Å². The molecule has 1 atom stereocenters. The molecule has 0 spiro atoms. The molecule has 2 heteroatoms. The zero-order valence-electron chi connectivity index (χ0n) is 8.99. The lowest BCUT2D eigenvalue weighted by molar-refractivity contribution is -0.128. The molecule has 0 bridgehead atoms. The van der Waals surface area contributed by atoms with E-state index in [1.54, 1.807) is 6.92 Å². The first-order chi connectivity index (χ1) is 7.29. The minimum atomic E-state index is -0.493. The van der Waals surface area contributed by atoms with Crippen molar-refractivity contribution in [2.24, 2.45) is 0 Å². The van der Waals surface area contributed by atoms with Gasteiger partial charge in [-0.1, -0.05) is 36.3 Å². The number of hydrogen-bond donors (Lipinski definition) is 0. The van der Waals surface area contributed by atoms with Crippen LogP contribution in [0.5, 0.6) is 0 Å². The fourth-order valence-corrected chi connectivity index (χ4v) is 1.35. The molecule has 1 unspecified atom stereocenters. The Morgan fingerprint density at radius 2 is 2.07 bits per heavy atom. The Hall–Kier alpha value is -1.59. The van der Waals surface area contributed by atoms with Gasteiger partial charge >= 0.3 is 0 Å². The molecule has 15 heavy (non-hydrogen) atoms. The highest BCUT2D eigenvalue weighted by Crippen LogP contribution is 2.18. The lowest BCUT2D eigenvalue weighted by atomic mass is 10.0.